The lowest BCUT2D eigenvalue weighted by atomic mass is 10.1. The van der Waals surface area contributed by atoms with Gasteiger partial charge in [0.2, 0.25) is 0 Å². The smallest absolute Gasteiger partial charge is 0.384 e. The molecule has 0 aromatic rings. The van der Waals surface area contributed by atoms with E-state index in [0.29, 0.717) is 5.92 Å². The molecule has 3 heteroatoms. The second-order valence-electron chi connectivity index (χ2n) is 3.04. The van der Waals surface area contributed by atoms with Crippen LogP contribution in [0, 0.1) is 17.8 Å². The summed E-state index contributed by atoms with van der Waals surface area (Å²) in [6.07, 6.45) is 0. The van der Waals surface area contributed by atoms with E-state index in [9.17, 15) is 4.79 Å². The summed E-state index contributed by atoms with van der Waals surface area (Å²) in [5.41, 5.74) is 0. The van der Waals surface area contributed by atoms with Crippen LogP contribution in [-0.4, -0.2) is 25.7 Å². The largest absolute Gasteiger partial charge is 0.459 e. The molecule has 0 aromatic carbocycles. The predicted molar refractivity (Wildman–Crippen MR) is 52.1 cm³/mol. The van der Waals surface area contributed by atoms with Gasteiger partial charge in [-0.05, 0) is 12.5 Å². The molecule has 0 aromatic heterocycles. The first-order chi connectivity index (χ1) is 6.11. The van der Waals surface area contributed by atoms with E-state index in [1.54, 1.807) is 0 Å². The van der Waals surface area contributed by atoms with Crippen LogP contribution in [0.15, 0.2) is 0 Å². The molecule has 0 heterocycles. The van der Waals surface area contributed by atoms with E-state index in [0.717, 1.165) is 6.54 Å². The quantitative estimate of drug-likeness (QED) is 0.399. The van der Waals surface area contributed by atoms with Crippen LogP contribution >= 0.6 is 0 Å². The molecule has 0 aliphatic heterocycles. The van der Waals surface area contributed by atoms with E-state index < -0.39 is 5.97 Å². The Morgan fingerprint density at radius 2 is 2.15 bits per heavy atom. The van der Waals surface area contributed by atoms with E-state index in [1.165, 1.54) is 7.11 Å². The van der Waals surface area contributed by atoms with Crippen LogP contribution < -0.4 is 5.32 Å². The molecule has 0 radical (unpaired) electrons. The Bertz CT molecular complexity index is 213. The average molecular weight is 183 g/mol. The molecule has 1 atom stereocenters. The molecule has 0 aliphatic rings. The summed E-state index contributed by atoms with van der Waals surface area (Å²) >= 11 is 0. The molecule has 74 valence electrons. The van der Waals surface area contributed by atoms with Crippen molar-refractivity contribution in [2.75, 3.05) is 13.7 Å². The van der Waals surface area contributed by atoms with Crippen LogP contribution in [0.2, 0.25) is 0 Å². The highest BCUT2D eigenvalue weighted by Crippen LogP contribution is 1.99. The van der Waals surface area contributed by atoms with Gasteiger partial charge in [-0.3, -0.25) is 0 Å². The van der Waals surface area contributed by atoms with Gasteiger partial charge in [0.1, 0.15) is 0 Å². The summed E-state index contributed by atoms with van der Waals surface area (Å²) in [6.45, 7) is 6.96. The number of carbonyl (C=O) groups is 1. The molecule has 0 rings (SSSR count). The van der Waals surface area contributed by atoms with Crippen molar-refractivity contribution < 1.29 is 9.53 Å². The first-order valence-electron chi connectivity index (χ1n) is 4.44. The number of nitrogens with one attached hydrogen (secondary N) is 1. The lowest BCUT2D eigenvalue weighted by Crippen LogP contribution is -2.32. The van der Waals surface area contributed by atoms with Gasteiger partial charge < -0.3 is 10.1 Å². The summed E-state index contributed by atoms with van der Waals surface area (Å²) in [6, 6.07) is 0.0594. The third kappa shape index (κ3) is 5.26. The normalized spacial score (nSPS) is 11.8. The Morgan fingerprint density at radius 3 is 2.54 bits per heavy atom. The SMILES string of the molecule is CCNC(C#CC(=O)OC)C(C)C. The fourth-order valence-electron chi connectivity index (χ4n) is 0.861. The first kappa shape index (κ1) is 12.0. The van der Waals surface area contributed by atoms with Gasteiger partial charge in [0.15, 0.2) is 0 Å². The maximum atomic E-state index is 10.7. The molecule has 0 amide bonds. The van der Waals surface area contributed by atoms with Gasteiger partial charge in [-0.15, -0.1) is 0 Å². The van der Waals surface area contributed by atoms with Crippen LogP contribution in [0.25, 0.3) is 0 Å². The number of hydrogen-bond donors (Lipinski definition) is 1. The maximum Gasteiger partial charge on any atom is 0.384 e. The number of carbonyl (C=O) groups excluding carboxylic acids is 1. The van der Waals surface area contributed by atoms with Crippen LogP contribution in [0.1, 0.15) is 20.8 Å². The van der Waals surface area contributed by atoms with Crippen molar-refractivity contribution >= 4 is 5.97 Å². The topological polar surface area (TPSA) is 38.3 Å². The monoisotopic (exact) mass is 183 g/mol. The van der Waals surface area contributed by atoms with E-state index in [-0.39, 0.29) is 6.04 Å². The van der Waals surface area contributed by atoms with Crippen molar-refractivity contribution in [2.45, 2.75) is 26.8 Å². The summed E-state index contributed by atoms with van der Waals surface area (Å²) < 4.78 is 4.42. The Labute approximate surface area is 79.8 Å². The molecule has 0 saturated carbocycles. The summed E-state index contributed by atoms with van der Waals surface area (Å²) in [5, 5.41) is 3.18. The number of rotatable bonds is 3. The molecule has 0 fully saturated rings. The molecule has 0 bridgehead atoms. The molecule has 0 spiro atoms. The Morgan fingerprint density at radius 1 is 1.54 bits per heavy atom. The Balaban J connectivity index is 4.20. The molecule has 1 unspecified atom stereocenters. The van der Waals surface area contributed by atoms with Gasteiger partial charge in [-0.2, -0.15) is 0 Å². The molecular weight excluding hydrogens is 166 g/mol. The zero-order valence-electron chi connectivity index (χ0n) is 8.68. The van der Waals surface area contributed by atoms with E-state index >= 15 is 0 Å². The minimum atomic E-state index is -0.483. The molecular formula is C10H17NO2. The van der Waals surface area contributed by atoms with E-state index in [1.807, 2.05) is 6.92 Å². The van der Waals surface area contributed by atoms with Gasteiger partial charge in [0.05, 0.1) is 13.2 Å². The molecule has 0 saturated heterocycles. The number of hydrogen-bond acceptors (Lipinski definition) is 3. The van der Waals surface area contributed by atoms with Crippen LogP contribution in [0.5, 0.6) is 0 Å². The van der Waals surface area contributed by atoms with Gasteiger partial charge in [0, 0.05) is 5.92 Å². The second kappa shape index (κ2) is 6.50. The summed E-state index contributed by atoms with van der Waals surface area (Å²) in [7, 11) is 1.33. The van der Waals surface area contributed by atoms with Crippen molar-refractivity contribution in [3.05, 3.63) is 0 Å². The zero-order chi connectivity index (χ0) is 10.3. The number of methoxy groups -OCH3 is 1. The van der Waals surface area contributed by atoms with Crippen LogP contribution in [0.3, 0.4) is 0 Å². The average Bonchev–Trinajstić information content (AvgIpc) is 2.11. The van der Waals surface area contributed by atoms with Gasteiger partial charge >= 0.3 is 5.97 Å². The summed E-state index contributed by atoms with van der Waals surface area (Å²) in [5.74, 6) is 5.16. The van der Waals surface area contributed by atoms with Crippen molar-refractivity contribution in [1.29, 1.82) is 0 Å². The predicted octanol–water partition coefficient (Wildman–Crippen LogP) is 0.797. The fraction of sp³-hybridized carbons (Fsp3) is 0.700. The number of esters is 1. The Kier molecular flexibility index (Phi) is 5.99. The van der Waals surface area contributed by atoms with Crippen molar-refractivity contribution in [3.63, 3.8) is 0 Å². The summed E-state index contributed by atoms with van der Waals surface area (Å²) in [4.78, 5) is 10.7. The van der Waals surface area contributed by atoms with Crippen molar-refractivity contribution in [1.82, 2.24) is 5.32 Å². The third-order valence-corrected chi connectivity index (χ3v) is 1.61. The van der Waals surface area contributed by atoms with Gasteiger partial charge in [0.25, 0.3) is 0 Å². The van der Waals surface area contributed by atoms with Gasteiger partial charge in [-0.1, -0.05) is 26.7 Å². The minimum Gasteiger partial charge on any atom is -0.459 e. The molecule has 1 N–H and O–H groups in total. The lowest BCUT2D eigenvalue weighted by Gasteiger charge is -2.14. The van der Waals surface area contributed by atoms with Crippen LogP contribution in [0.4, 0.5) is 0 Å². The maximum absolute atomic E-state index is 10.7. The first-order valence-corrected chi connectivity index (χ1v) is 4.44. The molecule has 0 aliphatic carbocycles. The molecule has 3 nitrogen and oxygen atoms in total. The van der Waals surface area contributed by atoms with E-state index in [2.05, 4.69) is 35.7 Å². The lowest BCUT2D eigenvalue weighted by molar-refractivity contribution is -0.133. The van der Waals surface area contributed by atoms with Crippen molar-refractivity contribution in [3.8, 4) is 11.8 Å². The standard InChI is InChI=1S/C10H17NO2/c1-5-11-9(8(2)3)6-7-10(12)13-4/h8-9,11H,5H2,1-4H3. The van der Waals surface area contributed by atoms with Crippen LogP contribution in [-0.2, 0) is 9.53 Å². The highest BCUT2D eigenvalue weighted by Gasteiger charge is 2.07. The van der Waals surface area contributed by atoms with E-state index in [4.69, 9.17) is 0 Å². The van der Waals surface area contributed by atoms with Crippen molar-refractivity contribution in [2.24, 2.45) is 5.92 Å². The Hall–Kier alpha value is -1.01. The highest BCUT2D eigenvalue weighted by molar-refractivity contribution is 5.88. The number of ether oxygens (including phenoxy) is 1. The fourth-order valence-corrected chi connectivity index (χ4v) is 0.861. The molecule has 13 heavy (non-hydrogen) atoms. The zero-order valence-corrected chi connectivity index (χ0v) is 8.68. The second-order valence-corrected chi connectivity index (χ2v) is 3.04. The van der Waals surface area contributed by atoms with Gasteiger partial charge in [-0.25, -0.2) is 4.79 Å². The minimum absolute atomic E-state index is 0.0594. The third-order valence-electron chi connectivity index (χ3n) is 1.61. The highest BCUT2D eigenvalue weighted by atomic mass is 16.5.